The zero-order chi connectivity index (χ0) is 22.3. The highest BCUT2D eigenvalue weighted by Crippen LogP contribution is 2.23. The van der Waals surface area contributed by atoms with Gasteiger partial charge in [0, 0.05) is 37.0 Å². The average molecular weight is 431 g/mol. The summed E-state index contributed by atoms with van der Waals surface area (Å²) in [6.45, 7) is 0. The second-order valence-corrected chi connectivity index (χ2v) is 8.46. The lowest BCUT2D eigenvalue weighted by Crippen LogP contribution is -2.38. The van der Waals surface area contributed by atoms with Crippen LogP contribution in [0.3, 0.4) is 0 Å². The summed E-state index contributed by atoms with van der Waals surface area (Å²) in [5.41, 5.74) is 3.36. The van der Waals surface area contributed by atoms with Gasteiger partial charge in [0.2, 0.25) is 5.91 Å². The van der Waals surface area contributed by atoms with Gasteiger partial charge >= 0.3 is 0 Å². The van der Waals surface area contributed by atoms with Crippen LogP contribution in [0.4, 0.5) is 5.69 Å². The number of rotatable bonds is 7. The van der Waals surface area contributed by atoms with E-state index in [4.69, 9.17) is 0 Å². The number of anilines is 1. The first-order chi connectivity index (χ1) is 15.6. The minimum atomic E-state index is -0.0594. The Morgan fingerprint density at radius 2 is 1.75 bits per heavy atom. The third-order valence-corrected chi connectivity index (χ3v) is 6.16. The van der Waals surface area contributed by atoms with Crippen molar-refractivity contribution in [2.75, 3.05) is 12.4 Å². The zero-order valence-electron chi connectivity index (χ0n) is 18.5. The van der Waals surface area contributed by atoms with E-state index in [-0.39, 0.29) is 11.8 Å². The van der Waals surface area contributed by atoms with Gasteiger partial charge in [-0.25, -0.2) is 4.68 Å². The largest absolute Gasteiger partial charge is 0.339 e. The number of para-hydroxylation sites is 1. The van der Waals surface area contributed by atoms with Crippen LogP contribution in [0.25, 0.3) is 5.69 Å². The minimum absolute atomic E-state index is 0.0465. The number of benzene rings is 2. The van der Waals surface area contributed by atoms with Crippen molar-refractivity contribution >= 4 is 17.5 Å². The van der Waals surface area contributed by atoms with E-state index in [0.717, 1.165) is 24.1 Å². The van der Waals surface area contributed by atoms with Crippen molar-refractivity contribution in [2.45, 2.75) is 51.0 Å². The Labute approximate surface area is 189 Å². The number of aryl methyl sites for hydroxylation is 1. The molecule has 0 unspecified atom stereocenters. The molecule has 1 aliphatic rings. The second-order valence-electron chi connectivity index (χ2n) is 8.46. The molecule has 6 heteroatoms. The molecule has 0 atom stereocenters. The molecule has 4 rings (SSSR count). The van der Waals surface area contributed by atoms with Crippen molar-refractivity contribution in [3.8, 4) is 5.69 Å². The van der Waals surface area contributed by atoms with Crippen LogP contribution in [0.2, 0.25) is 0 Å². The fraction of sp³-hybridized carbons (Fsp3) is 0.346. The summed E-state index contributed by atoms with van der Waals surface area (Å²) < 4.78 is 1.81. The fourth-order valence-electron chi connectivity index (χ4n) is 4.23. The van der Waals surface area contributed by atoms with Crippen molar-refractivity contribution < 1.29 is 9.59 Å². The smallest absolute Gasteiger partial charge is 0.253 e. The predicted octanol–water partition coefficient (Wildman–Crippen LogP) is 4.85. The Balaban J connectivity index is 1.27. The van der Waals surface area contributed by atoms with Gasteiger partial charge in [0.05, 0.1) is 11.9 Å². The summed E-state index contributed by atoms with van der Waals surface area (Å²) in [7, 11) is 1.90. The number of carbonyl (C=O) groups excluding carboxylic acids is 2. The minimum Gasteiger partial charge on any atom is -0.339 e. The van der Waals surface area contributed by atoms with E-state index in [2.05, 4.69) is 10.4 Å². The molecule has 166 valence electrons. The second kappa shape index (κ2) is 10.3. The van der Waals surface area contributed by atoms with Crippen LogP contribution < -0.4 is 5.32 Å². The predicted molar refractivity (Wildman–Crippen MR) is 126 cm³/mol. The van der Waals surface area contributed by atoms with E-state index in [9.17, 15) is 9.59 Å². The number of hydrogen-bond donors (Lipinski definition) is 1. The maximum atomic E-state index is 12.8. The fourth-order valence-corrected chi connectivity index (χ4v) is 4.23. The molecule has 0 spiro atoms. The number of nitrogens with one attached hydrogen (secondary N) is 1. The van der Waals surface area contributed by atoms with Crippen molar-refractivity contribution in [1.82, 2.24) is 14.7 Å². The quantitative estimate of drug-likeness (QED) is 0.583. The number of aromatic nitrogens is 2. The van der Waals surface area contributed by atoms with E-state index in [1.165, 1.54) is 19.3 Å². The number of nitrogens with zero attached hydrogens (tertiary/aromatic N) is 3. The van der Waals surface area contributed by atoms with E-state index in [1.807, 2.05) is 53.2 Å². The highest BCUT2D eigenvalue weighted by molar-refractivity contribution is 5.95. The van der Waals surface area contributed by atoms with Crippen LogP contribution in [0.5, 0.6) is 0 Å². The van der Waals surface area contributed by atoms with E-state index in [0.29, 0.717) is 30.1 Å². The van der Waals surface area contributed by atoms with Crippen LogP contribution in [-0.2, 0) is 11.2 Å². The molecule has 2 aromatic carbocycles. The summed E-state index contributed by atoms with van der Waals surface area (Å²) in [6, 6.07) is 17.4. The van der Waals surface area contributed by atoms with Crippen LogP contribution in [0.1, 0.15) is 54.4 Å². The Kier molecular flexibility index (Phi) is 7.00. The Hall–Kier alpha value is -3.41. The summed E-state index contributed by atoms with van der Waals surface area (Å²) in [5.74, 6) is -0.0129. The molecule has 3 aromatic rings. The maximum absolute atomic E-state index is 12.8. The van der Waals surface area contributed by atoms with Gasteiger partial charge < -0.3 is 10.2 Å². The van der Waals surface area contributed by atoms with Crippen molar-refractivity contribution in [1.29, 1.82) is 0 Å². The van der Waals surface area contributed by atoms with Crippen molar-refractivity contribution in [2.24, 2.45) is 0 Å². The summed E-state index contributed by atoms with van der Waals surface area (Å²) >= 11 is 0. The Morgan fingerprint density at radius 1 is 1.03 bits per heavy atom. The molecule has 1 heterocycles. The molecule has 32 heavy (non-hydrogen) atoms. The molecular weight excluding hydrogens is 400 g/mol. The Bertz CT molecular complexity index is 1040. The molecule has 0 bridgehead atoms. The van der Waals surface area contributed by atoms with Crippen LogP contribution >= 0.6 is 0 Å². The molecule has 0 radical (unpaired) electrons. The molecule has 1 aromatic heterocycles. The number of carbonyl (C=O) groups is 2. The average Bonchev–Trinajstić information content (AvgIpc) is 3.33. The lowest BCUT2D eigenvalue weighted by molar-refractivity contribution is -0.116. The van der Waals surface area contributed by atoms with E-state index >= 15 is 0 Å². The first kappa shape index (κ1) is 21.8. The Morgan fingerprint density at radius 3 is 2.47 bits per heavy atom. The van der Waals surface area contributed by atoms with Gasteiger partial charge in [0.1, 0.15) is 0 Å². The molecule has 1 fully saturated rings. The summed E-state index contributed by atoms with van der Waals surface area (Å²) in [5, 5.41) is 7.29. The highest BCUT2D eigenvalue weighted by Gasteiger charge is 2.22. The lowest BCUT2D eigenvalue weighted by atomic mass is 9.94. The first-order valence-corrected chi connectivity index (χ1v) is 11.4. The van der Waals surface area contributed by atoms with Gasteiger partial charge in [-0.1, -0.05) is 37.5 Å². The van der Waals surface area contributed by atoms with Crippen LogP contribution in [0.15, 0.2) is 67.0 Å². The van der Waals surface area contributed by atoms with Crippen LogP contribution in [0, 0.1) is 0 Å². The van der Waals surface area contributed by atoms with Gasteiger partial charge in [0.15, 0.2) is 0 Å². The summed E-state index contributed by atoms with van der Waals surface area (Å²) in [6.07, 6.45) is 10.5. The van der Waals surface area contributed by atoms with Crippen molar-refractivity contribution in [3.63, 3.8) is 0 Å². The zero-order valence-corrected chi connectivity index (χ0v) is 18.5. The van der Waals surface area contributed by atoms with Gasteiger partial charge in [-0.3, -0.25) is 9.59 Å². The maximum Gasteiger partial charge on any atom is 0.253 e. The van der Waals surface area contributed by atoms with Gasteiger partial charge in [0.25, 0.3) is 5.91 Å². The topological polar surface area (TPSA) is 67.2 Å². The monoisotopic (exact) mass is 430 g/mol. The molecular formula is C26H30N4O2. The number of hydrogen-bond acceptors (Lipinski definition) is 3. The molecule has 0 saturated heterocycles. The normalized spacial score (nSPS) is 14.2. The van der Waals surface area contributed by atoms with Gasteiger partial charge in [-0.15, -0.1) is 0 Å². The third kappa shape index (κ3) is 5.44. The first-order valence-electron chi connectivity index (χ1n) is 11.4. The highest BCUT2D eigenvalue weighted by atomic mass is 16.2. The molecule has 1 N–H and O–H groups in total. The van der Waals surface area contributed by atoms with E-state index in [1.54, 1.807) is 30.5 Å². The molecule has 0 aliphatic heterocycles. The molecule has 2 amide bonds. The van der Waals surface area contributed by atoms with Crippen molar-refractivity contribution in [3.05, 3.63) is 78.1 Å². The molecule has 1 aliphatic carbocycles. The third-order valence-electron chi connectivity index (χ3n) is 6.16. The van der Waals surface area contributed by atoms with Gasteiger partial charge in [-0.05, 0) is 61.2 Å². The summed E-state index contributed by atoms with van der Waals surface area (Å²) in [4.78, 5) is 27.0. The van der Waals surface area contributed by atoms with E-state index < -0.39 is 0 Å². The van der Waals surface area contributed by atoms with Crippen LogP contribution in [-0.4, -0.2) is 39.6 Å². The SMILES string of the molecule is CN(C(=O)c1ccc(NC(=O)CCc2cnn(-c3ccccc3)c2)cc1)C1CCCCC1. The van der Waals surface area contributed by atoms with Gasteiger partial charge in [-0.2, -0.15) is 5.10 Å². The molecule has 6 nitrogen and oxygen atoms in total. The molecule has 1 saturated carbocycles. The number of amides is 2. The standard InChI is InChI=1S/C26H30N4O2/c1-29(23-8-4-2-5-9-23)26(32)21-13-15-22(16-14-21)28-25(31)17-12-20-18-27-30(19-20)24-10-6-3-7-11-24/h3,6-7,10-11,13-16,18-19,23H,2,4-5,8-9,12,17H2,1H3,(H,28,31). The lowest BCUT2D eigenvalue weighted by Gasteiger charge is -2.31.